The minimum absolute atomic E-state index is 0.666. The van der Waals surface area contributed by atoms with E-state index >= 15 is 0 Å². The summed E-state index contributed by atoms with van der Waals surface area (Å²) in [4.78, 5) is 10.6. The molecule has 0 aliphatic heterocycles. The minimum atomic E-state index is 0.666. The largest absolute Gasteiger partial charge is 0.309 e. The lowest BCUT2D eigenvalue weighted by atomic mass is 10.0. The molecule has 0 aliphatic carbocycles. The molecule has 4 heterocycles. The molecule has 0 saturated carbocycles. The summed E-state index contributed by atoms with van der Waals surface area (Å²) in [5, 5.41) is 8.42. The monoisotopic (exact) mass is 718 g/mol. The summed E-state index contributed by atoms with van der Waals surface area (Å²) in [6.07, 6.45) is 0. The highest BCUT2D eigenvalue weighted by atomic mass is 32.1. The number of nitrogens with zero attached hydrogens (tertiary/aromatic N) is 4. The van der Waals surface area contributed by atoms with Crippen LogP contribution in [0.1, 0.15) is 0 Å². The van der Waals surface area contributed by atoms with E-state index in [1.54, 1.807) is 0 Å². The van der Waals surface area contributed by atoms with Gasteiger partial charge in [-0.2, -0.15) is 0 Å². The number of thiophene rings is 1. The summed E-state index contributed by atoms with van der Waals surface area (Å²) < 4.78 is 7.21. The lowest BCUT2D eigenvalue weighted by Crippen LogP contribution is -2.03. The van der Waals surface area contributed by atoms with Crippen molar-refractivity contribution in [3.63, 3.8) is 0 Å². The molecule has 55 heavy (non-hydrogen) atoms. The molecule has 0 N–H and O–H groups in total. The van der Waals surface area contributed by atoms with Crippen LogP contribution < -0.4 is 0 Å². The van der Waals surface area contributed by atoms with Gasteiger partial charge in [0, 0.05) is 58.4 Å². The van der Waals surface area contributed by atoms with Gasteiger partial charge in [0.15, 0.2) is 0 Å². The van der Waals surface area contributed by atoms with Crippen molar-refractivity contribution in [2.75, 3.05) is 0 Å². The molecule has 12 rings (SSSR count). The molecule has 0 fully saturated rings. The van der Waals surface area contributed by atoms with Crippen molar-refractivity contribution in [3.05, 3.63) is 182 Å². The minimum Gasteiger partial charge on any atom is -0.309 e. The second-order valence-corrected chi connectivity index (χ2v) is 15.3. The van der Waals surface area contributed by atoms with Gasteiger partial charge in [-0.05, 0) is 77.9 Å². The Hall–Kier alpha value is -7.08. The smallest absolute Gasteiger partial charge is 0.235 e. The third-order valence-electron chi connectivity index (χ3n) is 11.1. The molecule has 0 bridgehead atoms. The first kappa shape index (κ1) is 30.4. The molecule has 5 heteroatoms. The van der Waals surface area contributed by atoms with Crippen molar-refractivity contribution in [1.29, 1.82) is 0 Å². The van der Waals surface area contributed by atoms with E-state index in [9.17, 15) is 0 Å². The molecule has 0 saturated heterocycles. The molecule has 4 nitrogen and oxygen atoms in total. The van der Waals surface area contributed by atoms with Crippen LogP contribution in [-0.2, 0) is 0 Å². The van der Waals surface area contributed by atoms with Crippen molar-refractivity contribution >= 4 is 86.0 Å². The molecule has 8 aromatic carbocycles. The van der Waals surface area contributed by atoms with Crippen LogP contribution in [0.5, 0.6) is 0 Å². The molecule has 0 radical (unpaired) electrons. The Morgan fingerprint density at radius 3 is 1.75 bits per heavy atom. The third-order valence-corrected chi connectivity index (χ3v) is 12.3. The van der Waals surface area contributed by atoms with E-state index in [1.807, 2.05) is 17.4 Å². The number of hydrogen-bond acceptors (Lipinski definition) is 3. The molecule has 0 aliphatic rings. The molecule has 0 amide bonds. The molecule has 4 aromatic heterocycles. The molecular formula is C50H30N4S. The number of para-hydroxylation sites is 3. The molecule has 0 unspecified atom stereocenters. The lowest BCUT2D eigenvalue weighted by molar-refractivity contribution is 1.01. The zero-order chi connectivity index (χ0) is 36.0. The summed E-state index contributed by atoms with van der Waals surface area (Å²) in [6.45, 7) is 0. The van der Waals surface area contributed by atoms with E-state index in [1.165, 1.54) is 63.9 Å². The molecule has 0 spiro atoms. The first-order valence-electron chi connectivity index (χ1n) is 18.6. The Labute approximate surface area is 319 Å². The maximum absolute atomic E-state index is 5.37. The second kappa shape index (κ2) is 11.7. The van der Waals surface area contributed by atoms with Gasteiger partial charge in [0.05, 0.1) is 33.3 Å². The van der Waals surface area contributed by atoms with Gasteiger partial charge >= 0.3 is 0 Å². The van der Waals surface area contributed by atoms with Gasteiger partial charge in [-0.15, -0.1) is 11.3 Å². The normalized spacial score (nSPS) is 12.0. The fourth-order valence-corrected chi connectivity index (χ4v) is 9.75. The summed E-state index contributed by atoms with van der Waals surface area (Å²) in [7, 11) is 0. The molecule has 0 atom stereocenters. The van der Waals surface area contributed by atoms with E-state index in [0.29, 0.717) is 5.95 Å². The summed E-state index contributed by atoms with van der Waals surface area (Å²) in [5.74, 6) is 0.666. The van der Waals surface area contributed by atoms with Crippen LogP contribution in [0.25, 0.3) is 109 Å². The van der Waals surface area contributed by atoms with E-state index in [-0.39, 0.29) is 0 Å². The van der Waals surface area contributed by atoms with Gasteiger partial charge < -0.3 is 4.57 Å². The second-order valence-electron chi connectivity index (χ2n) is 14.2. The first-order valence-corrected chi connectivity index (χ1v) is 19.4. The van der Waals surface area contributed by atoms with Gasteiger partial charge in [0.1, 0.15) is 0 Å². The van der Waals surface area contributed by atoms with Crippen molar-refractivity contribution in [1.82, 2.24) is 19.1 Å². The Bertz CT molecular complexity index is 3480. The fourth-order valence-electron chi connectivity index (χ4n) is 8.62. The van der Waals surface area contributed by atoms with Crippen molar-refractivity contribution in [3.8, 4) is 34.0 Å². The van der Waals surface area contributed by atoms with E-state index < -0.39 is 0 Å². The Balaban J connectivity index is 1.13. The Morgan fingerprint density at radius 2 is 0.945 bits per heavy atom. The number of benzene rings is 8. The van der Waals surface area contributed by atoms with Crippen molar-refractivity contribution < 1.29 is 0 Å². The van der Waals surface area contributed by atoms with E-state index in [2.05, 4.69) is 185 Å². The predicted octanol–water partition coefficient (Wildman–Crippen LogP) is 13.5. The zero-order valence-corrected chi connectivity index (χ0v) is 30.3. The number of hydrogen-bond donors (Lipinski definition) is 0. The fraction of sp³-hybridized carbons (Fsp3) is 0. The predicted molar refractivity (Wildman–Crippen MR) is 232 cm³/mol. The average molecular weight is 719 g/mol. The average Bonchev–Trinajstić information content (AvgIpc) is 3.89. The van der Waals surface area contributed by atoms with Crippen LogP contribution >= 0.6 is 11.3 Å². The highest BCUT2D eigenvalue weighted by Crippen LogP contribution is 2.42. The molecular weight excluding hydrogens is 689 g/mol. The van der Waals surface area contributed by atoms with Crippen LogP contribution in [0.2, 0.25) is 0 Å². The molecule has 12 aromatic rings. The lowest BCUT2D eigenvalue weighted by Gasteiger charge is -2.12. The van der Waals surface area contributed by atoms with Gasteiger partial charge in [0.25, 0.3) is 0 Å². The van der Waals surface area contributed by atoms with Crippen LogP contribution in [-0.4, -0.2) is 19.1 Å². The highest BCUT2D eigenvalue weighted by molar-refractivity contribution is 7.25. The van der Waals surface area contributed by atoms with Crippen molar-refractivity contribution in [2.24, 2.45) is 0 Å². The standard InChI is InChI=1S/C50H30N4S/c1-3-13-31(14-4-1)49-37-19-7-10-20-42(37)51-50(52-49)54-45-26-24-33(28-39(45)40-30-48-41(29-46(40)54)36-18-9-12-22-47(36)55-48)32-23-25-44-38(27-32)35-17-8-11-21-43(35)53(44)34-15-5-2-6-16-34/h1-30H. The first-order chi connectivity index (χ1) is 27.3. The van der Waals surface area contributed by atoms with Gasteiger partial charge in [0.2, 0.25) is 5.95 Å². The molecule has 256 valence electrons. The van der Waals surface area contributed by atoms with Gasteiger partial charge in [-0.25, -0.2) is 9.97 Å². The zero-order valence-electron chi connectivity index (χ0n) is 29.5. The number of rotatable bonds is 4. The topological polar surface area (TPSA) is 35.6 Å². The highest BCUT2D eigenvalue weighted by Gasteiger charge is 2.20. The maximum Gasteiger partial charge on any atom is 0.235 e. The van der Waals surface area contributed by atoms with Gasteiger partial charge in [-0.1, -0.05) is 115 Å². The van der Waals surface area contributed by atoms with E-state index in [4.69, 9.17) is 9.97 Å². The van der Waals surface area contributed by atoms with Crippen LogP contribution in [0.4, 0.5) is 0 Å². The SMILES string of the molecule is c1ccc(-c2nc(-n3c4ccc(-c5ccc6c(c5)c5ccccc5n6-c5ccccc5)cc4c4cc5sc6ccccc6c5cc43)nc3ccccc23)cc1. The number of fused-ring (bicyclic) bond motifs is 10. The summed E-state index contributed by atoms with van der Waals surface area (Å²) >= 11 is 1.85. The summed E-state index contributed by atoms with van der Waals surface area (Å²) in [5.41, 5.74) is 11.0. The maximum atomic E-state index is 5.37. The Kier molecular flexibility index (Phi) is 6.47. The van der Waals surface area contributed by atoms with Crippen LogP contribution in [0.3, 0.4) is 0 Å². The van der Waals surface area contributed by atoms with Crippen molar-refractivity contribution in [2.45, 2.75) is 0 Å². The van der Waals surface area contributed by atoms with E-state index in [0.717, 1.165) is 38.9 Å². The number of aromatic nitrogens is 4. The van der Waals surface area contributed by atoms with Gasteiger partial charge in [-0.3, -0.25) is 4.57 Å². The van der Waals surface area contributed by atoms with Crippen LogP contribution in [0.15, 0.2) is 182 Å². The quantitative estimate of drug-likeness (QED) is 0.182. The third kappa shape index (κ3) is 4.57. The summed E-state index contributed by atoms with van der Waals surface area (Å²) in [6, 6.07) is 65.4. The Morgan fingerprint density at radius 1 is 0.345 bits per heavy atom. The van der Waals surface area contributed by atoms with Crippen LogP contribution in [0, 0.1) is 0 Å².